The van der Waals surface area contributed by atoms with Crippen molar-refractivity contribution in [3.63, 3.8) is 0 Å². The Kier molecular flexibility index (Phi) is 1.34. The minimum absolute atomic E-state index is 0.237. The van der Waals surface area contributed by atoms with Crippen LogP contribution in [-0.2, 0) is 0 Å². The summed E-state index contributed by atoms with van der Waals surface area (Å²) in [6, 6.07) is 0. The third-order valence-corrected chi connectivity index (χ3v) is 4.52. The van der Waals surface area contributed by atoms with Crippen molar-refractivity contribution in [3.8, 4) is 0 Å². The van der Waals surface area contributed by atoms with Gasteiger partial charge in [0.05, 0.1) is 0 Å². The van der Waals surface area contributed by atoms with Crippen LogP contribution in [0, 0.1) is 17.8 Å². The Morgan fingerprint density at radius 1 is 1.50 bits per heavy atom. The Balaban J connectivity index is 2.13. The monoisotopic (exact) mass is 258 g/mol. The van der Waals surface area contributed by atoms with Crippen molar-refractivity contribution in [2.24, 2.45) is 17.8 Å². The lowest BCUT2D eigenvalue weighted by Gasteiger charge is -2.13. The fourth-order valence-corrected chi connectivity index (χ4v) is 3.11. The predicted octanol–water partition coefficient (Wildman–Crippen LogP) is 2.71. The SMILES string of the molecule is CC1C(I)CC2C1C2(F)F. The van der Waals surface area contributed by atoms with Crippen LogP contribution >= 0.6 is 22.6 Å². The van der Waals surface area contributed by atoms with E-state index in [1.54, 1.807) is 0 Å². The molecule has 0 N–H and O–H groups in total. The number of fused-ring (bicyclic) bond motifs is 1. The molecule has 0 spiro atoms. The minimum Gasteiger partial charge on any atom is -0.206 e. The van der Waals surface area contributed by atoms with Gasteiger partial charge in [0.25, 0.3) is 5.92 Å². The van der Waals surface area contributed by atoms with Gasteiger partial charge in [0.1, 0.15) is 0 Å². The first kappa shape index (κ1) is 7.25. The van der Waals surface area contributed by atoms with E-state index in [9.17, 15) is 8.78 Å². The maximum atomic E-state index is 12.7. The zero-order valence-electron chi connectivity index (χ0n) is 5.65. The Bertz CT molecular complexity index is 167. The van der Waals surface area contributed by atoms with Crippen LogP contribution in [0.1, 0.15) is 13.3 Å². The Hall–Kier alpha value is 0.590. The molecule has 0 saturated heterocycles. The van der Waals surface area contributed by atoms with E-state index in [4.69, 9.17) is 0 Å². The first-order valence-corrected chi connectivity index (χ1v) is 4.81. The number of hydrogen-bond donors (Lipinski definition) is 0. The van der Waals surface area contributed by atoms with Crippen LogP contribution in [-0.4, -0.2) is 9.85 Å². The van der Waals surface area contributed by atoms with E-state index in [0.29, 0.717) is 3.92 Å². The van der Waals surface area contributed by atoms with Crippen LogP contribution in [0.2, 0.25) is 0 Å². The van der Waals surface area contributed by atoms with Crippen molar-refractivity contribution in [2.45, 2.75) is 23.2 Å². The fourth-order valence-electron chi connectivity index (χ4n) is 2.12. The second-order valence-electron chi connectivity index (χ2n) is 3.42. The van der Waals surface area contributed by atoms with Gasteiger partial charge in [-0.15, -0.1) is 0 Å². The van der Waals surface area contributed by atoms with Crippen molar-refractivity contribution in [1.82, 2.24) is 0 Å². The number of hydrogen-bond acceptors (Lipinski definition) is 0. The van der Waals surface area contributed by atoms with E-state index < -0.39 is 5.92 Å². The van der Waals surface area contributed by atoms with Gasteiger partial charge in [-0.1, -0.05) is 29.5 Å². The van der Waals surface area contributed by atoms with Gasteiger partial charge in [-0.25, -0.2) is 8.78 Å². The molecule has 0 aliphatic heterocycles. The molecule has 0 amide bonds. The number of rotatable bonds is 0. The van der Waals surface area contributed by atoms with Crippen LogP contribution in [0.15, 0.2) is 0 Å². The molecule has 3 heteroatoms. The van der Waals surface area contributed by atoms with E-state index in [1.165, 1.54) is 0 Å². The molecule has 0 heterocycles. The highest BCUT2D eigenvalue weighted by Gasteiger charge is 2.73. The summed E-state index contributed by atoms with van der Waals surface area (Å²) in [5.41, 5.74) is 0. The third kappa shape index (κ3) is 0.700. The van der Waals surface area contributed by atoms with Gasteiger partial charge in [0.2, 0.25) is 0 Å². The van der Waals surface area contributed by atoms with E-state index in [-0.39, 0.29) is 17.8 Å². The molecule has 2 aliphatic rings. The Morgan fingerprint density at radius 2 is 2.10 bits per heavy atom. The van der Waals surface area contributed by atoms with Crippen molar-refractivity contribution in [2.75, 3.05) is 0 Å². The molecule has 4 unspecified atom stereocenters. The smallest absolute Gasteiger partial charge is 0.206 e. The van der Waals surface area contributed by atoms with Crippen molar-refractivity contribution < 1.29 is 8.78 Å². The van der Waals surface area contributed by atoms with Gasteiger partial charge in [-0.05, 0) is 12.3 Å². The maximum absolute atomic E-state index is 12.7. The second kappa shape index (κ2) is 1.84. The molecular weight excluding hydrogens is 249 g/mol. The van der Waals surface area contributed by atoms with Gasteiger partial charge < -0.3 is 0 Å². The van der Waals surface area contributed by atoms with Crippen LogP contribution in [0.5, 0.6) is 0 Å². The standard InChI is InChI=1S/C7H9F2I/c1-3-5(10)2-4-6(3)7(4,8)9/h3-6H,2H2,1H3. The van der Waals surface area contributed by atoms with Crippen LogP contribution in [0.4, 0.5) is 8.78 Å². The summed E-state index contributed by atoms with van der Waals surface area (Å²) in [4.78, 5) is 0. The quantitative estimate of drug-likeness (QED) is 0.463. The highest BCUT2D eigenvalue weighted by Crippen LogP contribution is 2.67. The molecule has 0 radical (unpaired) electrons. The molecule has 4 atom stereocenters. The molecule has 0 nitrogen and oxygen atoms in total. The summed E-state index contributed by atoms with van der Waals surface area (Å²) < 4.78 is 25.8. The van der Waals surface area contributed by atoms with Crippen molar-refractivity contribution in [3.05, 3.63) is 0 Å². The topological polar surface area (TPSA) is 0 Å². The Morgan fingerprint density at radius 3 is 2.40 bits per heavy atom. The molecule has 2 aliphatic carbocycles. The van der Waals surface area contributed by atoms with E-state index in [2.05, 4.69) is 22.6 Å². The van der Waals surface area contributed by atoms with Crippen LogP contribution in [0.3, 0.4) is 0 Å². The molecule has 0 aromatic carbocycles. The van der Waals surface area contributed by atoms with Crippen LogP contribution < -0.4 is 0 Å². The first-order chi connectivity index (χ1) is 4.55. The maximum Gasteiger partial charge on any atom is 0.254 e. The molecule has 0 aromatic heterocycles. The van der Waals surface area contributed by atoms with Gasteiger partial charge in [0.15, 0.2) is 0 Å². The van der Waals surface area contributed by atoms with Crippen LogP contribution in [0.25, 0.3) is 0 Å². The molecule has 58 valence electrons. The molecule has 0 bridgehead atoms. The molecule has 0 aromatic rings. The largest absolute Gasteiger partial charge is 0.254 e. The van der Waals surface area contributed by atoms with E-state index in [0.717, 1.165) is 6.42 Å². The lowest BCUT2D eigenvalue weighted by molar-refractivity contribution is 0.0643. The lowest BCUT2D eigenvalue weighted by atomic mass is 10.1. The molecule has 10 heavy (non-hydrogen) atoms. The third-order valence-electron chi connectivity index (χ3n) is 2.88. The van der Waals surface area contributed by atoms with Gasteiger partial charge in [-0.2, -0.15) is 0 Å². The summed E-state index contributed by atoms with van der Waals surface area (Å²) in [5, 5.41) is 0. The summed E-state index contributed by atoms with van der Waals surface area (Å²) in [5.74, 6) is -2.58. The van der Waals surface area contributed by atoms with Gasteiger partial charge in [0, 0.05) is 15.8 Å². The average Bonchev–Trinajstić information content (AvgIpc) is 2.12. The second-order valence-corrected chi connectivity index (χ2v) is 5.02. The molecule has 2 saturated carbocycles. The Labute approximate surface area is 72.5 Å². The van der Waals surface area contributed by atoms with Crippen molar-refractivity contribution >= 4 is 22.6 Å². The zero-order valence-corrected chi connectivity index (χ0v) is 7.81. The first-order valence-electron chi connectivity index (χ1n) is 3.57. The highest BCUT2D eigenvalue weighted by molar-refractivity contribution is 14.1. The van der Waals surface area contributed by atoms with Gasteiger partial charge in [-0.3, -0.25) is 0 Å². The molecule has 2 rings (SSSR count). The zero-order chi connectivity index (χ0) is 7.52. The lowest BCUT2D eigenvalue weighted by Crippen LogP contribution is -2.15. The summed E-state index contributed by atoms with van der Waals surface area (Å²) in [6.07, 6.45) is 0.736. The highest BCUT2D eigenvalue weighted by atomic mass is 127. The minimum atomic E-state index is -2.29. The predicted molar refractivity (Wildman–Crippen MR) is 43.5 cm³/mol. The molecular formula is C7H9F2I. The summed E-state index contributed by atoms with van der Waals surface area (Å²) in [6.45, 7) is 1.95. The van der Waals surface area contributed by atoms with Crippen molar-refractivity contribution in [1.29, 1.82) is 0 Å². The van der Waals surface area contributed by atoms with Gasteiger partial charge >= 0.3 is 0 Å². The molecule has 2 fully saturated rings. The normalized spacial score (nSPS) is 56.4. The average molecular weight is 258 g/mol. The summed E-state index contributed by atoms with van der Waals surface area (Å²) in [7, 11) is 0. The fraction of sp³-hybridized carbons (Fsp3) is 1.00. The van der Waals surface area contributed by atoms with E-state index in [1.807, 2.05) is 6.92 Å². The summed E-state index contributed by atoms with van der Waals surface area (Å²) >= 11 is 2.29. The van der Waals surface area contributed by atoms with E-state index >= 15 is 0 Å². The number of alkyl halides is 3. The number of halogens is 3.